The second kappa shape index (κ2) is 6.93. The molecule has 0 amide bonds. The summed E-state index contributed by atoms with van der Waals surface area (Å²) in [6, 6.07) is 5.39. The Kier molecular flexibility index (Phi) is 5.86. The molecule has 2 aromatic rings. The van der Waals surface area contributed by atoms with E-state index in [-0.39, 0.29) is 0 Å². The lowest BCUT2D eigenvalue weighted by atomic mass is 10.1. The standard InChI is InChI=1S/C11H7Cl3N2.C2H6/c1-6-11(15-5-9(13)16-6)7-3-2-4-8(12)10(7)14;1-2/h2-5H,1H3;1-2H3. The first kappa shape index (κ1) is 15.2. The maximum absolute atomic E-state index is 6.11. The Morgan fingerprint density at radius 1 is 1.06 bits per heavy atom. The van der Waals surface area contributed by atoms with Crippen molar-refractivity contribution in [3.63, 3.8) is 0 Å². The van der Waals surface area contributed by atoms with Gasteiger partial charge in [0.2, 0.25) is 0 Å². The highest BCUT2D eigenvalue weighted by molar-refractivity contribution is 6.43. The first-order chi connectivity index (χ1) is 8.59. The van der Waals surface area contributed by atoms with Gasteiger partial charge in [0.1, 0.15) is 5.15 Å². The molecule has 1 aromatic carbocycles. The molecule has 0 saturated heterocycles. The van der Waals surface area contributed by atoms with Crippen LogP contribution in [0.4, 0.5) is 0 Å². The Morgan fingerprint density at radius 3 is 2.33 bits per heavy atom. The van der Waals surface area contributed by atoms with E-state index in [0.717, 1.165) is 11.3 Å². The highest BCUT2D eigenvalue weighted by Gasteiger charge is 2.11. The van der Waals surface area contributed by atoms with E-state index < -0.39 is 0 Å². The van der Waals surface area contributed by atoms with Crippen LogP contribution in [0.1, 0.15) is 19.5 Å². The number of aryl methyl sites for hydroxylation is 1. The molecule has 0 aliphatic rings. The minimum atomic E-state index is 0.361. The highest BCUT2D eigenvalue weighted by Crippen LogP contribution is 2.33. The van der Waals surface area contributed by atoms with E-state index in [9.17, 15) is 0 Å². The van der Waals surface area contributed by atoms with Crippen molar-refractivity contribution in [1.29, 1.82) is 0 Å². The van der Waals surface area contributed by atoms with Gasteiger partial charge in [-0.1, -0.05) is 60.8 Å². The van der Waals surface area contributed by atoms with Crippen LogP contribution in [0.25, 0.3) is 11.3 Å². The van der Waals surface area contributed by atoms with Gasteiger partial charge in [0.15, 0.2) is 0 Å². The fourth-order valence-electron chi connectivity index (χ4n) is 1.40. The van der Waals surface area contributed by atoms with Gasteiger partial charge >= 0.3 is 0 Å². The lowest BCUT2D eigenvalue weighted by molar-refractivity contribution is 1.12. The predicted molar refractivity (Wildman–Crippen MR) is 78.6 cm³/mol. The molecule has 2 rings (SSSR count). The minimum Gasteiger partial charge on any atom is -0.251 e. The third-order valence-corrected chi connectivity index (χ3v) is 3.13. The molecule has 2 nitrogen and oxygen atoms in total. The maximum Gasteiger partial charge on any atom is 0.147 e. The van der Waals surface area contributed by atoms with Gasteiger partial charge < -0.3 is 0 Å². The Bertz CT molecular complexity index is 542. The molecular weight excluding hydrogens is 291 g/mol. The molecule has 0 spiro atoms. The summed E-state index contributed by atoms with van der Waals surface area (Å²) in [5, 5.41) is 1.33. The van der Waals surface area contributed by atoms with Crippen molar-refractivity contribution in [3.05, 3.63) is 45.3 Å². The Balaban J connectivity index is 0.000000771. The second-order valence-corrected chi connectivity index (χ2v) is 4.40. The van der Waals surface area contributed by atoms with Gasteiger partial charge in [-0.25, -0.2) is 4.98 Å². The first-order valence-electron chi connectivity index (χ1n) is 5.53. The molecule has 5 heteroatoms. The lowest BCUT2D eigenvalue weighted by Gasteiger charge is -2.07. The van der Waals surface area contributed by atoms with Crippen LogP contribution in [0, 0.1) is 6.92 Å². The van der Waals surface area contributed by atoms with Crippen LogP contribution in [-0.2, 0) is 0 Å². The average Bonchev–Trinajstić information content (AvgIpc) is 2.36. The third kappa shape index (κ3) is 3.35. The van der Waals surface area contributed by atoms with Gasteiger partial charge in [-0.05, 0) is 13.0 Å². The molecule has 0 fully saturated rings. The number of hydrogen-bond donors (Lipinski definition) is 0. The van der Waals surface area contributed by atoms with Crippen LogP contribution in [0.2, 0.25) is 15.2 Å². The molecular formula is C13H13Cl3N2. The second-order valence-electron chi connectivity index (χ2n) is 3.23. The first-order valence-corrected chi connectivity index (χ1v) is 6.66. The third-order valence-electron chi connectivity index (χ3n) is 2.12. The Hall–Kier alpha value is -0.830. The van der Waals surface area contributed by atoms with Crippen LogP contribution >= 0.6 is 34.8 Å². The van der Waals surface area contributed by atoms with Gasteiger partial charge in [-0.3, -0.25) is 4.98 Å². The SMILES string of the molecule is CC.Cc1nc(Cl)cnc1-c1cccc(Cl)c1Cl. The smallest absolute Gasteiger partial charge is 0.147 e. The van der Waals surface area contributed by atoms with E-state index in [4.69, 9.17) is 34.8 Å². The van der Waals surface area contributed by atoms with E-state index in [0.29, 0.717) is 20.9 Å². The zero-order valence-electron chi connectivity index (χ0n) is 10.3. The summed E-state index contributed by atoms with van der Waals surface area (Å²) in [4.78, 5) is 8.33. The van der Waals surface area contributed by atoms with E-state index in [1.165, 1.54) is 6.20 Å². The van der Waals surface area contributed by atoms with Gasteiger partial charge in [-0.15, -0.1) is 0 Å². The molecule has 0 radical (unpaired) electrons. The summed E-state index contributed by atoms with van der Waals surface area (Å²) in [7, 11) is 0. The quantitative estimate of drug-likeness (QED) is 0.701. The Labute approximate surface area is 122 Å². The van der Waals surface area contributed by atoms with Gasteiger partial charge in [0, 0.05) is 5.56 Å². The van der Waals surface area contributed by atoms with Crippen molar-refractivity contribution in [2.75, 3.05) is 0 Å². The molecule has 1 heterocycles. The normalized spacial score (nSPS) is 9.67. The largest absolute Gasteiger partial charge is 0.251 e. The van der Waals surface area contributed by atoms with Crippen molar-refractivity contribution < 1.29 is 0 Å². The average molecular weight is 304 g/mol. The molecule has 1 aromatic heterocycles. The number of nitrogens with zero attached hydrogens (tertiary/aromatic N) is 2. The molecule has 0 bridgehead atoms. The van der Waals surface area contributed by atoms with Crippen molar-refractivity contribution >= 4 is 34.8 Å². The number of hydrogen-bond acceptors (Lipinski definition) is 2. The van der Waals surface area contributed by atoms with Crippen molar-refractivity contribution in [2.24, 2.45) is 0 Å². The van der Waals surface area contributed by atoms with Crippen LogP contribution in [0.15, 0.2) is 24.4 Å². The van der Waals surface area contributed by atoms with E-state index >= 15 is 0 Å². The van der Waals surface area contributed by atoms with Crippen molar-refractivity contribution in [2.45, 2.75) is 20.8 Å². The summed E-state index contributed by atoms with van der Waals surface area (Å²) >= 11 is 17.8. The van der Waals surface area contributed by atoms with Gasteiger partial charge in [-0.2, -0.15) is 0 Å². The highest BCUT2D eigenvalue weighted by atomic mass is 35.5. The molecule has 0 unspecified atom stereocenters. The molecule has 18 heavy (non-hydrogen) atoms. The summed E-state index contributed by atoms with van der Waals surface area (Å²) in [5.41, 5.74) is 2.17. The van der Waals surface area contributed by atoms with Crippen LogP contribution in [-0.4, -0.2) is 9.97 Å². The number of halogens is 3. The molecule has 96 valence electrons. The van der Waals surface area contributed by atoms with Crippen molar-refractivity contribution in [3.8, 4) is 11.3 Å². The minimum absolute atomic E-state index is 0.361. The molecule has 0 atom stereocenters. The fourth-order valence-corrected chi connectivity index (χ4v) is 1.97. The maximum atomic E-state index is 6.11. The van der Waals surface area contributed by atoms with E-state index in [1.807, 2.05) is 32.9 Å². The molecule has 0 aliphatic carbocycles. The topological polar surface area (TPSA) is 25.8 Å². The lowest BCUT2D eigenvalue weighted by Crippen LogP contribution is -1.93. The monoisotopic (exact) mass is 302 g/mol. The summed E-state index contributed by atoms with van der Waals surface area (Å²) in [6.07, 6.45) is 1.49. The molecule has 0 N–H and O–H groups in total. The van der Waals surface area contributed by atoms with Crippen LogP contribution in [0.3, 0.4) is 0 Å². The van der Waals surface area contributed by atoms with Gasteiger partial charge in [0.05, 0.1) is 27.6 Å². The zero-order chi connectivity index (χ0) is 13.7. The van der Waals surface area contributed by atoms with Crippen LogP contribution in [0.5, 0.6) is 0 Å². The predicted octanol–water partition coefficient (Wildman–Crippen LogP) is 5.44. The number of aromatic nitrogens is 2. The van der Waals surface area contributed by atoms with Crippen LogP contribution < -0.4 is 0 Å². The molecule has 0 saturated carbocycles. The number of rotatable bonds is 1. The zero-order valence-corrected chi connectivity index (χ0v) is 12.6. The Morgan fingerprint density at radius 2 is 1.72 bits per heavy atom. The van der Waals surface area contributed by atoms with E-state index in [2.05, 4.69) is 9.97 Å². The summed E-state index contributed by atoms with van der Waals surface area (Å²) in [6.45, 7) is 5.82. The molecule has 0 aliphatic heterocycles. The number of benzene rings is 1. The summed E-state index contributed by atoms with van der Waals surface area (Å²) < 4.78 is 0. The van der Waals surface area contributed by atoms with E-state index in [1.54, 1.807) is 6.07 Å². The van der Waals surface area contributed by atoms with Gasteiger partial charge in [0.25, 0.3) is 0 Å². The van der Waals surface area contributed by atoms with Crippen molar-refractivity contribution in [1.82, 2.24) is 9.97 Å². The fraction of sp³-hybridized carbons (Fsp3) is 0.231. The summed E-state index contributed by atoms with van der Waals surface area (Å²) in [5.74, 6) is 0.